The molecule has 98 valence electrons. The van der Waals surface area contributed by atoms with E-state index in [1.54, 1.807) is 12.1 Å². The summed E-state index contributed by atoms with van der Waals surface area (Å²) in [5.74, 6) is -0.914. The van der Waals surface area contributed by atoms with E-state index in [9.17, 15) is 9.90 Å². The minimum absolute atomic E-state index is 0.312. The van der Waals surface area contributed by atoms with Crippen LogP contribution in [0.15, 0.2) is 54.6 Å². The van der Waals surface area contributed by atoms with Gasteiger partial charge in [-0.05, 0) is 42.3 Å². The molecule has 0 bridgehead atoms. The van der Waals surface area contributed by atoms with Gasteiger partial charge in [-0.25, -0.2) is 4.79 Å². The molecule has 2 aromatic carbocycles. The molecule has 3 heteroatoms. The highest BCUT2D eigenvalue weighted by Gasteiger charge is 2.11. The standard InChI is InChI=1S/C17H13NO2/c1-11-6-7-13-10-12(8-9-16(13)18-11)14-4-2-3-5-15(14)17(19)20/h2-10H,1H3,(H,19,20). The van der Waals surface area contributed by atoms with Gasteiger partial charge >= 0.3 is 5.97 Å². The number of pyridine rings is 1. The molecule has 0 unspecified atom stereocenters. The van der Waals surface area contributed by atoms with Crippen molar-refractivity contribution in [2.24, 2.45) is 0 Å². The Labute approximate surface area is 116 Å². The maximum atomic E-state index is 11.3. The fourth-order valence-electron chi connectivity index (χ4n) is 2.32. The van der Waals surface area contributed by atoms with Crippen LogP contribution in [0, 0.1) is 6.92 Å². The molecule has 0 aliphatic heterocycles. The molecule has 0 saturated heterocycles. The Morgan fingerprint density at radius 1 is 1.05 bits per heavy atom. The predicted molar refractivity (Wildman–Crippen MR) is 78.9 cm³/mol. The molecule has 20 heavy (non-hydrogen) atoms. The second-order valence-corrected chi connectivity index (χ2v) is 4.71. The van der Waals surface area contributed by atoms with Crippen LogP contribution in [-0.4, -0.2) is 16.1 Å². The van der Waals surface area contributed by atoms with Crippen LogP contribution >= 0.6 is 0 Å². The second kappa shape index (κ2) is 4.78. The molecule has 1 aromatic heterocycles. The van der Waals surface area contributed by atoms with Crippen molar-refractivity contribution in [1.82, 2.24) is 4.98 Å². The largest absolute Gasteiger partial charge is 0.478 e. The van der Waals surface area contributed by atoms with Crippen LogP contribution in [0.2, 0.25) is 0 Å². The lowest BCUT2D eigenvalue weighted by atomic mass is 9.98. The van der Waals surface area contributed by atoms with Crippen molar-refractivity contribution in [1.29, 1.82) is 0 Å². The number of carbonyl (C=O) groups is 1. The SMILES string of the molecule is Cc1ccc2cc(-c3ccccc3C(=O)O)ccc2n1. The van der Waals surface area contributed by atoms with E-state index in [2.05, 4.69) is 4.98 Å². The lowest BCUT2D eigenvalue weighted by Crippen LogP contribution is -1.99. The predicted octanol–water partition coefficient (Wildman–Crippen LogP) is 3.91. The van der Waals surface area contributed by atoms with Crippen LogP contribution in [0.5, 0.6) is 0 Å². The first-order chi connectivity index (χ1) is 9.65. The van der Waals surface area contributed by atoms with Gasteiger partial charge in [0.25, 0.3) is 0 Å². The molecule has 0 radical (unpaired) electrons. The van der Waals surface area contributed by atoms with Gasteiger partial charge in [-0.3, -0.25) is 4.98 Å². The quantitative estimate of drug-likeness (QED) is 0.762. The van der Waals surface area contributed by atoms with E-state index < -0.39 is 5.97 Å². The van der Waals surface area contributed by atoms with Gasteiger partial charge in [0.05, 0.1) is 11.1 Å². The first-order valence-electron chi connectivity index (χ1n) is 6.35. The third-order valence-corrected chi connectivity index (χ3v) is 3.30. The maximum absolute atomic E-state index is 11.3. The zero-order valence-electron chi connectivity index (χ0n) is 11.0. The molecular weight excluding hydrogens is 250 g/mol. The summed E-state index contributed by atoms with van der Waals surface area (Å²) in [6.45, 7) is 1.95. The third-order valence-electron chi connectivity index (χ3n) is 3.30. The van der Waals surface area contributed by atoms with Crippen molar-refractivity contribution in [3.8, 4) is 11.1 Å². The van der Waals surface area contributed by atoms with Crippen molar-refractivity contribution in [2.45, 2.75) is 6.92 Å². The van der Waals surface area contributed by atoms with Crippen LogP contribution in [0.25, 0.3) is 22.0 Å². The van der Waals surface area contributed by atoms with Crippen molar-refractivity contribution in [2.75, 3.05) is 0 Å². The minimum atomic E-state index is -0.914. The number of fused-ring (bicyclic) bond motifs is 1. The highest BCUT2D eigenvalue weighted by atomic mass is 16.4. The number of rotatable bonds is 2. The molecule has 0 amide bonds. The summed E-state index contributed by atoms with van der Waals surface area (Å²) in [5, 5.41) is 10.3. The topological polar surface area (TPSA) is 50.2 Å². The molecular formula is C17H13NO2. The lowest BCUT2D eigenvalue weighted by Gasteiger charge is -2.07. The molecule has 0 aliphatic rings. The Morgan fingerprint density at radius 2 is 1.85 bits per heavy atom. The molecule has 0 spiro atoms. The third kappa shape index (κ3) is 2.14. The van der Waals surface area contributed by atoms with E-state index >= 15 is 0 Å². The number of aryl methyl sites for hydroxylation is 1. The van der Waals surface area contributed by atoms with Gasteiger partial charge < -0.3 is 5.11 Å². The first kappa shape index (κ1) is 12.4. The number of benzene rings is 2. The van der Waals surface area contributed by atoms with Crippen LogP contribution in [0.3, 0.4) is 0 Å². The van der Waals surface area contributed by atoms with E-state index in [0.29, 0.717) is 5.56 Å². The second-order valence-electron chi connectivity index (χ2n) is 4.71. The average molecular weight is 263 g/mol. The molecule has 0 aliphatic carbocycles. The Morgan fingerprint density at radius 3 is 2.65 bits per heavy atom. The van der Waals surface area contributed by atoms with E-state index in [1.165, 1.54) is 0 Å². The van der Waals surface area contributed by atoms with Crippen molar-refractivity contribution in [3.05, 3.63) is 65.9 Å². The summed E-state index contributed by atoms with van der Waals surface area (Å²) < 4.78 is 0. The molecule has 3 aromatic rings. The highest BCUT2D eigenvalue weighted by Crippen LogP contribution is 2.26. The molecule has 3 rings (SSSR count). The number of nitrogens with zero attached hydrogens (tertiary/aromatic N) is 1. The number of carboxylic acids is 1. The van der Waals surface area contributed by atoms with Gasteiger partial charge in [0.15, 0.2) is 0 Å². The van der Waals surface area contributed by atoms with E-state index in [1.807, 2.05) is 49.4 Å². The van der Waals surface area contributed by atoms with Crippen molar-refractivity contribution >= 4 is 16.9 Å². The number of aromatic carboxylic acids is 1. The van der Waals surface area contributed by atoms with Gasteiger partial charge in [-0.2, -0.15) is 0 Å². The molecule has 0 saturated carbocycles. The number of hydrogen-bond donors (Lipinski definition) is 1. The summed E-state index contributed by atoms with van der Waals surface area (Å²) in [6, 6.07) is 16.8. The monoisotopic (exact) mass is 263 g/mol. The van der Waals surface area contributed by atoms with Gasteiger partial charge in [0.2, 0.25) is 0 Å². The van der Waals surface area contributed by atoms with Crippen molar-refractivity contribution in [3.63, 3.8) is 0 Å². The Hall–Kier alpha value is -2.68. The number of aromatic nitrogens is 1. The summed E-state index contributed by atoms with van der Waals surface area (Å²) >= 11 is 0. The van der Waals surface area contributed by atoms with Crippen LogP contribution in [0.4, 0.5) is 0 Å². The first-order valence-corrected chi connectivity index (χ1v) is 6.35. The van der Waals surface area contributed by atoms with E-state index in [0.717, 1.165) is 27.7 Å². The van der Waals surface area contributed by atoms with E-state index in [-0.39, 0.29) is 0 Å². The van der Waals surface area contributed by atoms with Gasteiger partial charge in [0, 0.05) is 11.1 Å². The summed E-state index contributed by atoms with van der Waals surface area (Å²) in [5.41, 5.74) is 3.81. The smallest absolute Gasteiger partial charge is 0.336 e. The maximum Gasteiger partial charge on any atom is 0.336 e. The number of carboxylic acid groups (broad SMARTS) is 1. The fourth-order valence-corrected chi connectivity index (χ4v) is 2.32. The molecule has 0 fully saturated rings. The summed E-state index contributed by atoms with van der Waals surface area (Å²) in [4.78, 5) is 15.7. The molecule has 0 atom stereocenters. The zero-order chi connectivity index (χ0) is 14.1. The molecule has 1 heterocycles. The average Bonchev–Trinajstić information content (AvgIpc) is 2.46. The Bertz CT molecular complexity index is 809. The normalized spacial score (nSPS) is 10.7. The zero-order valence-corrected chi connectivity index (χ0v) is 11.0. The Balaban J connectivity index is 2.20. The lowest BCUT2D eigenvalue weighted by molar-refractivity contribution is 0.0697. The fraction of sp³-hybridized carbons (Fsp3) is 0.0588. The van der Waals surface area contributed by atoms with Gasteiger partial charge in [-0.15, -0.1) is 0 Å². The summed E-state index contributed by atoms with van der Waals surface area (Å²) in [6.07, 6.45) is 0. The molecule has 3 nitrogen and oxygen atoms in total. The highest BCUT2D eigenvalue weighted by molar-refractivity contribution is 5.97. The van der Waals surface area contributed by atoms with Gasteiger partial charge in [0.1, 0.15) is 0 Å². The van der Waals surface area contributed by atoms with E-state index in [4.69, 9.17) is 0 Å². The van der Waals surface area contributed by atoms with Crippen LogP contribution < -0.4 is 0 Å². The van der Waals surface area contributed by atoms with Crippen LogP contribution in [0.1, 0.15) is 16.1 Å². The van der Waals surface area contributed by atoms with Crippen LogP contribution in [-0.2, 0) is 0 Å². The van der Waals surface area contributed by atoms with Crippen molar-refractivity contribution < 1.29 is 9.90 Å². The molecule has 1 N–H and O–H groups in total. The minimum Gasteiger partial charge on any atom is -0.478 e. The Kier molecular flexibility index (Phi) is 2.95. The number of hydrogen-bond acceptors (Lipinski definition) is 2. The summed E-state index contributed by atoms with van der Waals surface area (Å²) in [7, 11) is 0. The van der Waals surface area contributed by atoms with Gasteiger partial charge in [-0.1, -0.05) is 30.3 Å².